The minimum absolute atomic E-state index is 0.0568. The third-order valence-electron chi connectivity index (χ3n) is 2.54. The Morgan fingerprint density at radius 1 is 1.41 bits per heavy atom. The summed E-state index contributed by atoms with van der Waals surface area (Å²) in [6, 6.07) is 7.15. The summed E-state index contributed by atoms with van der Waals surface area (Å²) in [5, 5.41) is 0.562. The van der Waals surface area contributed by atoms with E-state index in [1.165, 1.54) is 0 Å². The molecule has 0 fully saturated rings. The molecule has 0 bridgehead atoms. The maximum Gasteiger partial charge on any atom is 0.211 e. The van der Waals surface area contributed by atoms with E-state index in [0.717, 1.165) is 0 Å². The highest BCUT2D eigenvalue weighted by atomic mass is 35.5. The van der Waals surface area contributed by atoms with Gasteiger partial charge in [0.25, 0.3) is 0 Å². The summed E-state index contributed by atoms with van der Waals surface area (Å²) < 4.78 is 1.85. The van der Waals surface area contributed by atoms with E-state index in [1.807, 2.05) is 18.4 Å². The quantitative estimate of drug-likeness (QED) is 0.781. The van der Waals surface area contributed by atoms with Gasteiger partial charge < -0.3 is 4.57 Å². The molecule has 4 heteroatoms. The van der Waals surface area contributed by atoms with Crippen LogP contribution < -0.4 is 0 Å². The van der Waals surface area contributed by atoms with Crippen LogP contribution in [0.5, 0.6) is 0 Å². The molecule has 2 aromatic rings. The molecular weight excluding hydrogens is 236 g/mol. The number of carbonyl (C=O) groups excluding carboxylic acids is 1. The predicted molar refractivity (Wildman–Crippen MR) is 67.5 cm³/mol. The zero-order chi connectivity index (χ0) is 12.4. The average molecular weight is 249 g/mol. The summed E-state index contributed by atoms with van der Waals surface area (Å²) in [4.78, 5) is 16.3. The molecule has 1 heterocycles. The number of nitrogens with zero attached hydrogens (tertiary/aromatic N) is 2. The highest BCUT2D eigenvalue weighted by molar-refractivity contribution is 6.31. The average Bonchev–Trinajstić information content (AvgIpc) is 2.77. The maximum absolute atomic E-state index is 12.3. The van der Waals surface area contributed by atoms with Gasteiger partial charge in [-0.25, -0.2) is 4.98 Å². The predicted octanol–water partition coefficient (Wildman–Crippen LogP) is 3.35. The number of rotatable bonds is 3. The van der Waals surface area contributed by atoms with E-state index in [-0.39, 0.29) is 11.8 Å². The fourth-order valence-electron chi connectivity index (χ4n) is 1.67. The molecule has 0 saturated carbocycles. The number of halogens is 1. The zero-order valence-corrected chi connectivity index (χ0v) is 10.5. The van der Waals surface area contributed by atoms with Gasteiger partial charge in [-0.2, -0.15) is 0 Å². The van der Waals surface area contributed by atoms with Gasteiger partial charge >= 0.3 is 0 Å². The summed E-state index contributed by atoms with van der Waals surface area (Å²) in [7, 11) is 0. The molecule has 17 heavy (non-hydrogen) atoms. The van der Waals surface area contributed by atoms with Crippen LogP contribution >= 0.6 is 11.6 Å². The van der Waals surface area contributed by atoms with Crippen LogP contribution in [0.2, 0.25) is 5.02 Å². The van der Waals surface area contributed by atoms with E-state index in [4.69, 9.17) is 11.6 Å². The van der Waals surface area contributed by atoms with Crippen molar-refractivity contribution >= 4 is 17.4 Å². The van der Waals surface area contributed by atoms with Crippen molar-refractivity contribution in [3.05, 3.63) is 53.1 Å². The van der Waals surface area contributed by atoms with Gasteiger partial charge in [-0.1, -0.05) is 23.7 Å². The summed E-state index contributed by atoms with van der Waals surface area (Å²) in [5.41, 5.74) is 1.17. The molecular formula is C13H13ClN2O. The molecule has 0 aliphatic carbocycles. The Labute approximate surface area is 105 Å². The Morgan fingerprint density at radius 2 is 2.18 bits per heavy atom. The number of ketones is 1. The van der Waals surface area contributed by atoms with Crippen LogP contribution in [0.4, 0.5) is 0 Å². The first-order valence-electron chi connectivity index (χ1n) is 5.41. The first kappa shape index (κ1) is 11.9. The van der Waals surface area contributed by atoms with E-state index in [0.29, 0.717) is 16.3 Å². The second-order valence-electron chi connectivity index (χ2n) is 4.12. The monoisotopic (exact) mass is 248 g/mol. The molecule has 0 saturated heterocycles. The highest BCUT2D eigenvalue weighted by Crippen LogP contribution is 2.17. The topological polar surface area (TPSA) is 34.9 Å². The van der Waals surface area contributed by atoms with Crippen LogP contribution in [0.15, 0.2) is 36.8 Å². The van der Waals surface area contributed by atoms with E-state index >= 15 is 0 Å². The Balaban J connectivity index is 2.41. The molecule has 0 aliphatic heterocycles. The number of hydrogen-bond acceptors (Lipinski definition) is 2. The number of benzene rings is 1. The van der Waals surface area contributed by atoms with Gasteiger partial charge in [0, 0.05) is 16.6 Å². The second-order valence-corrected chi connectivity index (χ2v) is 4.56. The lowest BCUT2D eigenvalue weighted by Gasteiger charge is -2.10. The first-order chi connectivity index (χ1) is 8.09. The van der Waals surface area contributed by atoms with Gasteiger partial charge in [-0.15, -0.1) is 0 Å². The summed E-state index contributed by atoms with van der Waals surface area (Å²) in [6.07, 6.45) is 3.26. The minimum Gasteiger partial charge on any atom is -0.325 e. The standard InChI is InChI=1S/C13H13ClN2O/c1-9(2)16-8-15-7-12(16)13(17)10-4-3-5-11(14)6-10/h3-9H,1-2H3. The molecule has 0 atom stereocenters. The van der Waals surface area contributed by atoms with Gasteiger partial charge in [0.15, 0.2) is 0 Å². The summed E-state index contributed by atoms with van der Waals surface area (Å²) >= 11 is 5.88. The number of imidazole rings is 1. The molecule has 0 amide bonds. The van der Waals surface area contributed by atoms with E-state index < -0.39 is 0 Å². The minimum atomic E-state index is -0.0568. The van der Waals surface area contributed by atoms with Crippen molar-refractivity contribution in [2.75, 3.05) is 0 Å². The number of hydrogen-bond donors (Lipinski definition) is 0. The van der Waals surface area contributed by atoms with Gasteiger partial charge in [-0.3, -0.25) is 4.79 Å². The van der Waals surface area contributed by atoms with Crippen molar-refractivity contribution in [1.82, 2.24) is 9.55 Å². The lowest BCUT2D eigenvalue weighted by molar-refractivity contribution is 0.102. The largest absolute Gasteiger partial charge is 0.325 e. The fraction of sp³-hybridized carbons (Fsp3) is 0.231. The summed E-state index contributed by atoms with van der Waals surface area (Å²) in [6.45, 7) is 4.02. The number of aromatic nitrogens is 2. The van der Waals surface area contributed by atoms with Gasteiger partial charge in [-0.05, 0) is 26.0 Å². The first-order valence-corrected chi connectivity index (χ1v) is 5.79. The molecule has 0 aliphatic rings. The Hall–Kier alpha value is -1.61. The number of carbonyl (C=O) groups is 1. The summed E-state index contributed by atoms with van der Waals surface area (Å²) in [5.74, 6) is -0.0568. The molecule has 0 unspecified atom stereocenters. The molecule has 88 valence electrons. The lowest BCUT2D eigenvalue weighted by Crippen LogP contribution is -2.11. The fourth-order valence-corrected chi connectivity index (χ4v) is 1.86. The molecule has 0 N–H and O–H groups in total. The normalized spacial score (nSPS) is 10.8. The molecule has 1 aromatic heterocycles. The molecule has 2 rings (SSSR count). The second kappa shape index (κ2) is 4.72. The third-order valence-corrected chi connectivity index (χ3v) is 2.78. The SMILES string of the molecule is CC(C)n1cncc1C(=O)c1cccc(Cl)c1. The van der Waals surface area contributed by atoms with Crippen molar-refractivity contribution in [3.63, 3.8) is 0 Å². The van der Waals surface area contributed by atoms with Crippen LogP contribution in [0.1, 0.15) is 35.9 Å². The van der Waals surface area contributed by atoms with Crippen molar-refractivity contribution in [1.29, 1.82) is 0 Å². The molecule has 0 radical (unpaired) electrons. The van der Waals surface area contributed by atoms with Crippen molar-refractivity contribution in [2.45, 2.75) is 19.9 Å². The van der Waals surface area contributed by atoms with E-state index in [1.54, 1.807) is 36.8 Å². The van der Waals surface area contributed by atoms with Crippen molar-refractivity contribution in [2.24, 2.45) is 0 Å². The zero-order valence-electron chi connectivity index (χ0n) is 9.72. The lowest BCUT2D eigenvalue weighted by atomic mass is 10.1. The highest BCUT2D eigenvalue weighted by Gasteiger charge is 2.15. The van der Waals surface area contributed by atoms with Gasteiger partial charge in [0.1, 0.15) is 5.69 Å². The van der Waals surface area contributed by atoms with Crippen LogP contribution in [0.3, 0.4) is 0 Å². The van der Waals surface area contributed by atoms with Gasteiger partial charge in [0.05, 0.1) is 12.5 Å². The van der Waals surface area contributed by atoms with Crippen LogP contribution in [-0.4, -0.2) is 15.3 Å². The van der Waals surface area contributed by atoms with Crippen LogP contribution in [-0.2, 0) is 0 Å². The molecule has 0 spiro atoms. The smallest absolute Gasteiger partial charge is 0.211 e. The molecule has 1 aromatic carbocycles. The third kappa shape index (κ3) is 2.39. The van der Waals surface area contributed by atoms with Crippen LogP contribution in [0, 0.1) is 0 Å². The van der Waals surface area contributed by atoms with Crippen molar-refractivity contribution in [3.8, 4) is 0 Å². The Kier molecular flexibility index (Phi) is 3.29. The Bertz CT molecular complexity index is 546. The van der Waals surface area contributed by atoms with Crippen LogP contribution in [0.25, 0.3) is 0 Å². The Morgan fingerprint density at radius 3 is 2.82 bits per heavy atom. The van der Waals surface area contributed by atoms with E-state index in [9.17, 15) is 4.79 Å². The van der Waals surface area contributed by atoms with Gasteiger partial charge in [0.2, 0.25) is 5.78 Å². The van der Waals surface area contributed by atoms with Crippen molar-refractivity contribution < 1.29 is 4.79 Å². The maximum atomic E-state index is 12.3. The van der Waals surface area contributed by atoms with E-state index in [2.05, 4.69) is 4.98 Å². The molecule has 3 nitrogen and oxygen atoms in total.